The van der Waals surface area contributed by atoms with E-state index >= 15 is 0 Å². The van der Waals surface area contributed by atoms with Crippen LogP contribution in [0.4, 0.5) is 5.69 Å². The predicted molar refractivity (Wildman–Crippen MR) is 150 cm³/mol. The van der Waals surface area contributed by atoms with Crippen LogP contribution in [0.25, 0.3) is 0 Å². The van der Waals surface area contributed by atoms with E-state index in [1.165, 1.54) is 5.56 Å². The van der Waals surface area contributed by atoms with Crippen LogP contribution < -0.4 is 20.3 Å². The van der Waals surface area contributed by atoms with Crippen molar-refractivity contribution in [3.05, 3.63) is 23.8 Å². The smallest absolute Gasteiger partial charge is 0.225 e. The number of anilines is 1. The molecule has 2 N–H and O–H groups in total. The number of amides is 1. The molecule has 1 saturated heterocycles. The Bertz CT molecular complexity index is 879. The lowest BCUT2D eigenvalue weighted by molar-refractivity contribution is -0.131. The van der Waals surface area contributed by atoms with Gasteiger partial charge in [0.05, 0.1) is 31.0 Å². The van der Waals surface area contributed by atoms with E-state index in [1.54, 1.807) is 14.2 Å². The topological polar surface area (TPSA) is 81.3 Å². The number of carbonyl (C=O) groups excluding carboxylic acids is 1. The van der Waals surface area contributed by atoms with E-state index in [0.29, 0.717) is 18.8 Å². The molecule has 0 aromatic heterocycles. The van der Waals surface area contributed by atoms with Crippen LogP contribution in [0.5, 0.6) is 5.75 Å². The summed E-state index contributed by atoms with van der Waals surface area (Å²) < 4.78 is 22.9. The first-order valence-corrected chi connectivity index (χ1v) is 14.6. The first-order valence-electron chi connectivity index (χ1n) is 14.6. The lowest BCUT2D eigenvalue weighted by Crippen LogP contribution is -2.49. The van der Waals surface area contributed by atoms with Gasteiger partial charge in [0.1, 0.15) is 12.4 Å². The van der Waals surface area contributed by atoms with Gasteiger partial charge in [-0.25, -0.2) is 0 Å². The van der Waals surface area contributed by atoms with Crippen LogP contribution in [-0.2, 0) is 25.6 Å². The summed E-state index contributed by atoms with van der Waals surface area (Å²) in [5.41, 5.74) is 1.93. The minimum Gasteiger partial charge on any atom is -0.490 e. The van der Waals surface area contributed by atoms with E-state index in [4.69, 9.17) is 18.9 Å². The Morgan fingerprint density at radius 1 is 1.13 bits per heavy atom. The highest BCUT2D eigenvalue weighted by Gasteiger charge is 2.34. The Labute approximate surface area is 229 Å². The molecule has 1 aromatic carbocycles. The van der Waals surface area contributed by atoms with Crippen molar-refractivity contribution in [3.63, 3.8) is 0 Å². The van der Waals surface area contributed by atoms with E-state index in [-0.39, 0.29) is 18.1 Å². The number of piperidine rings is 1. The van der Waals surface area contributed by atoms with Crippen LogP contribution >= 0.6 is 0 Å². The summed E-state index contributed by atoms with van der Waals surface area (Å²) in [4.78, 5) is 15.5. The zero-order valence-corrected chi connectivity index (χ0v) is 23.9. The van der Waals surface area contributed by atoms with Gasteiger partial charge in [0.15, 0.2) is 0 Å². The van der Waals surface area contributed by atoms with Crippen molar-refractivity contribution in [2.24, 2.45) is 5.41 Å². The fourth-order valence-corrected chi connectivity index (χ4v) is 5.99. The second kappa shape index (κ2) is 14.0. The zero-order valence-electron chi connectivity index (χ0n) is 23.9. The third kappa shape index (κ3) is 8.07. The maximum atomic E-state index is 13.1. The number of benzene rings is 1. The molecule has 8 nitrogen and oxygen atoms in total. The molecular weight excluding hydrogens is 482 g/mol. The number of carbonyl (C=O) groups is 1. The molecule has 38 heavy (non-hydrogen) atoms. The molecule has 1 aromatic rings. The molecule has 2 heterocycles. The van der Waals surface area contributed by atoms with Crippen LogP contribution in [0.2, 0.25) is 0 Å². The van der Waals surface area contributed by atoms with Crippen molar-refractivity contribution >= 4 is 11.6 Å². The minimum absolute atomic E-state index is 0.172. The van der Waals surface area contributed by atoms with E-state index in [1.807, 2.05) is 0 Å². The molecule has 2 fully saturated rings. The molecule has 0 unspecified atom stereocenters. The molecule has 0 radical (unpaired) electrons. The Hall–Kier alpha value is -1.87. The van der Waals surface area contributed by atoms with Gasteiger partial charge in [-0.2, -0.15) is 0 Å². The van der Waals surface area contributed by atoms with Crippen LogP contribution in [0, 0.1) is 5.41 Å². The standard InChI is InChI=1S/C30H49N3O5/c1-30(2,29(34)32-23-7-10-25(36-4)11-8-23)19-24-9-12-26(20-31-24)38-21-22-6-13-28-27(18-22)33(15-17-37-28)14-5-16-35-3/h6,13,18,23-26,31H,5,7-12,14-17,19-21H2,1-4H3,(H,32,34)/t23?,24-,25?,26+/m0/s1. The minimum atomic E-state index is -0.399. The van der Waals surface area contributed by atoms with E-state index in [9.17, 15) is 4.79 Å². The molecule has 2 aliphatic heterocycles. The Morgan fingerprint density at radius 3 is 2.63 bits per heavy atom. The largest absolute Gasteiger partial charge is 0.490 e. The maximum Gasteiger partial charge on any atom is 0.225 e. The Morgan fingerprint density at radius 2 is 1.92 bits per heavy atom. The molecule has 0 bridgehead atoms. The molecule has 1 saturated carbocycles. The molecule has 4 rings (SSSR count). The maximum absolute atomic E-state index is 13.1. The van der Waals surface area contributed by atoms with E-state index in [2.05, 4.69) is 47.6 Å². The first kappa shape index (κ1) is 29.1. The number of methoxy groups -OCH3 is 2. The summed E-state index contributed by atoms with van der Waals surface area (Å²) in [6.45, 7) is 8.92. The monoisotopic (exact) mass is 531 g/mol. The Balaban J connectivity index is 1.19. The van der Waals surface area contributed by atoms with Gasteiger partial charge in [0.2, 0.25) is 5.91 Å². The third-order valence-electron chi connectivity index (χ3n) is 8.43. The second-order valence-electron chi connectivity index (χ2n) is 11.9. The SMILES string of the molecule is COCCCN1CCOc2ccc(CO[C@@H]3CC[C@@H](CC(C)(C)C(=O)NC4CCC(OC)CC4)NC3)cc21. The summed E-state index contributed by atoms with van der Waals surface area (Å²) in [7, 11) is 3.53. The van der Waals surface area contributed by atoms with Gasteiger partial charge in [-0.3, -0.25) is 4.79 Å². The van der Waals surface area contributed by atoms with Crippen molar-refractivity contribution < 1.29 is 23.7 Å². The highest BCUT2D eigenvalue weighted by Crippen LogP contribution is 2.33. The number of nitrogens with zero attached hydrogens (tertiary/aromatic N) is 1. The molecule has 214 valence electrons. The average molecular weight is 532 g/mol. The van der Waals surface area contributed by atoms with Gasteiger partial charge in [0.25, 0.3) is 0 Å². The summed E-state index contributed by atoms with van der Waals surface area (Å²) in [5.74, 6) is 1.13. The summed E-state index contributed by atoms with van der Waals surface area (Å²) in [6, 6.07) is 7.00. The average Bonchev–Trinajstić information content (AvgIpc) is 2.93. The van der Waals surface area contributed by atoms with Crippen LogP contribution in [-0.4, -0.2) is 77.3 Å². The molecule has 1 aliphatic carbocycles. The fourth-order valence-electron chi connectivity index (χ4n) is 5.99. The summed E-state index contributed by atoms with van der Waals surface area (Å²) in [5, 5.41) is 6.97. The van der Waals surface area contributed by atoms with E-state index in [0.717, 1.165) is 95.7 Å². The Kier molecular flexibility index (Phi) is 10.7. The lowest BCUT2D eigenvalue weighted by Gasteiger charge is -2.36. The van der Waals surface area contributed by atoms with Gasteiger partial charge in [-0.05, 0) is 69.1 Å². The first-order chi connectivity index (χ1) is 18.4. The highest BCUT2D eigenvalue weighted by atomic mass is 16.5. The van der Waals surface area contributed by atoms with Crippen LogP contribution in [0.15, 0.2) is 18.2 Å². The quantitative estimate of drug-likeness (QED) is 0.394. The van der Waals surface area contributed by atoms with E-state index < -0.39 is 5.41 Å². The molecule has 1 amide bonds. The molecule has 0 spiro atoms. The number of ether oxygens (including phenoxy) is 4. The zero-order chi connectivity index (χ0) is 27.0. The third-order valence-corrected chi connectivity index (χ3v) is 8.43. The predicted octanol–water partition coefficient (Wildman–Crippen LogP) is 4.05. The van der Waals surface area contributed by atoms with Gasteiger partial charge in [-0.1, -0.05) is 19.9 Å². The number of hydrogen-bond acceptors (Lipinski definition) is 7. The molecular formula is C30H49N3O5. The fraction of sp³-hybridized carbons (Fsp3) is 0.767. The number of nitrogens with one attached hydrogen (secondary N) is 2. The van der Waals surface area contributed by atoms with Crippen molar-refractivity contribution in [2.75, 3.05) is 52.0 Å². The van der Waals surface area contributed by atoms with Crippen molar-refractivity contribution in [1.29, 1.82) is 0 Å². The lowest BCUT2D eigenvalue weighted by atomic mass is 9.81. The van der Waals surface area contributed by atoms with Gasteiger partial charge < -0.3 is 34.5 Å². The summed E-state index contributed by atoms with van der Waals surface area (Å²) in [6.07, 6.45) is 8.46. The normalized spacial score (nSPS) is 25.9. The van der Waals surface area contributed by atoms with Crippen molar-refractivity contribution in [1.82, 2.24) is 10.6 Å². The van der Waals surface area contributed by atoms with Crippen molar-refractivity contribution in [3.8, 4) is 5.75 Å². The van der Waals surface area contributed by atoms with Crippen LogP contribution in [0.3, 0.4) is 0 Å². The van der Waals surface area contributed by atoms with Gasteiger partial charge >= 0.3 is 0 Å². The van der Waals surface area contributed by atoms with Crippen molar-refractivity contribution in [2.45, 2.75) is 96.1 Å². The molecule has 2 atom stereocenters. The summed E-state index contributed by atoms with van der Waals surface area (Å²) >= 11 is 0. The number of fused-ring (bicyclic) bond motifs is 1. The number of rotatable bonds is 12. The highest BCUT2D eigenvalue weighted by molar-refractivity contribution is 5.82. The number of hydrogen-bond donors (Lipinski definition) is 2. The molecule has 8 heteroatoms. The molecule has 3 aliphatic rings. The van der Waals surface area contributed by atoms with Gasteiger partial charge in [-0.15, -0.1) is 0 Å². The van der Waals surface area contributed by atoms with Crippen LogP contribution in [0.1, 0.15) is 70.8 Å². The van der Waals surface area contributed by atoms with Gasteiger partial charge in [0, 0.05) is 51.4 Å². The second-order valence-corrected chi connectivity index (χ2v) is 11.9.